The molecule has 0 rings (SSSR count). The van der Waals surface area contributed by atoms with Crippen LogP contribution in [0.2, 0.25) is 0 Å². The van der Waals surface area contributed by atoms with Crippen molar-refractivity contribution in [3.05, 3.63) is 0 Å². The van der Waals surface area contributed by atoms with Crippen LogP contribution in [-0.2, 0) is 36.3 Å². The van der Waals surface area contributed by atoms with E-state index in [0.717, 1.165) is 0 Å². The maximum absolute atomic E-state index is 8.06. The molecule has 0 unspecified atom stereocenters. The van der Waals surface area contributed by atoms with E-state index in [1.54, 1.807) is 15.9 Å². The molecule has 0 aliphatic carbocycles. The van der Waals surface area contributed by atoms with E-state index in [4.69, 9.17) is 3.83 Å². The van der Waals surface area contributed by atoms with Gasteiger partial charge < -0.3 is 1.43 Å². The number of rotatable bonds is 0. The SMILES string of the molecule is [AlH3].[H-].[Li+].[Ni].[O]=[Mn]. The van der Waals surface area contributed by atoms with E-state index in [-0.39, 0.29) is 54.1 Å². The van der Waals surface area contributed by atoms with Gasteiger partial charge in [-0.05, 0) is 0 Å². The quantitative estimate of drug-likeness (QED) is 0.335. The first kappa shape index (κ1) is 28.3. The monoisotopic (exact) mass is 167 g/mol. The molecule has 0 radical (unpaired) electrons. The third-order valence-electron chi connectivity index (χ3n) is 0. The molecule has 0 aliphatic heterocycles. The minimum absolute atomic E-state index is 0. The van der Waals surface area contributed by atoms with Crippen molar-refractivity contribution in [2.75, 3.05) is 0 Å². The number of hydrogen-bond donors (Lipinski definition) is 0. The van der Waals surface area contributed by atoms with E-state index in [1.165, 1.54) is 0 Å². The molecule has 31 valence electrons. The second-order valence-electron chi connectivity index (χ2n) is 0. The summed E-state index contributed by atoms with van der Waals surface area (Å²) in [5, 5.41) is 0. The van der Waals surface area contributed by atoms with Crippen LogP contribution in [0.5, 0.6) is 0 Å². The summed E-state index contributed by atoms with van der Waals surface area (Å²) in [6.45, 7) is 0. The molecule has 0 saturated heterocycles. The molecule has 0 N–H and O–H groups in total. The van der Waals surface area contributed by atoms with Crippen LogP contribution in [0.1, 0.15) is 1.43 Å². The summed E-state index contributed by atoms with van der Waals surface area (Å²) < 4.78 is 8.06. The van der Waals surface area contributed by atoms with Gasteiger partial charge in [-0.1, -0.05) is 0 Å². The van der Waals surface area contributed by atoms with Gasteiger partial charge in [-0.2, -0.15) is 0 Å². The molecule has 1 nitrogen and oxygen atoms in total. The van der Waals surface area contributed by atoms with E-state index >= 15 is 0 Å². The Morgan fingerprint density at radius 3 is 1.40 bits per heavy atom. The molecule has 0 aliphatic rings. The van der Waals surface area contributed by atoms with Crippen LogP contribution in [0.4, 0.5) is 0 Å². The molecular formula is H4AlLiMnNiO. The van der Waals surface area contributed by atoms with Crippen LogP contribution >= 0.6 is 0 Å². The molecule has 0 saturated carbocycles. The molecule has 0 aromatic rings. The summed E-state index contributed by atoms with van der Waals surface area (Å²) in [4.78, 5) is 0. The van der Waals surface area contributed by atoms with Crippen LogP contribution in [0.25, 0.3) is 0 Å². The maximum atomic E-state index is 8.06. The minimum atomic E-state index is 0. The average Bonchev–Trinajstić information content (AvgIpc) is 1.00. The van der Waals surface area contributed by atoms with E-state index < -0.39 is 0 Å². The summed E-state index contributed by atoms with van der Waals surface area (Å²) in [6.07, 6.45) is 0. The summed E-state index contributed by atoms with van der Waals surface area (Å²) in [5.74, 6) is 0. The molecule has 0 heterocycles. The molecule has 0 atom stereocenters. The fourth-order valence-corrected chi connectivity index (χ4v) is 0. The standard InChI is InChI=1S/Al.Li.Mn.Ni.O.4H/q;+1;;;;;;;-1. The molecular weight excluding hydrogens is 164 g/mol. The Labute approximate surface area is 73.4 Å². The number of hydrogen-bond acceptors (Lipinski definition) is 1. The molecule has 5 heavy (non-hydrogen) atoms. The fraction of sp³-hybridized carbons (Fsp3) is 0. The van der Waals surface area contributed by atoms with Crippen LogP contribution in [0.15, 0.2) is 0 Å². The molecule has 0 spiro atoms. The topological polar surface area (TPSA) is 17.1 Å². The van der Waals surface area contributed by atoms with E-state index in [9.17, 15) is 0 Å². The second-order valence-corrected chi connectivity index (χ2v) is 0. The first-order chi connectivity index (χ1) is 1.00. The van der Waals surface area contributed by atoms with Crippen molar-refractivity contribution in [2.24, 2.45) is 0 Å². The molecule has 5 heteroatoms. The zero-order chi connectivity index (χ0) is 2.00. The summed E-state index contributed by atoms with van der Waals surface area (Å²) in [7, 11) is 0. The predicted molar refractivity (Wildman–Crippen MR) is 11.7 cm³/mol. The van der Waals surface area contributed by atoms with Gasteiger partial charge in [0.15, 0.2) is 17.4 Å². The summed E-state index contributed by atoms with van der Waals surface area (Å²) >= 11 is 1.69. The van der Waals surface area contributed by atoms with E-state index in [0.29, 0.717) is 0 Å². The average molecular weight is 168 g/mol. The van der Waals surface area contributed by atoms with Gasteiger partial charge in [-0.15, -0.1) is 0 Å². The Morgan fingerprint density at radius 1 is 1.40 bits per heavy atom. The zero-order valence-corrected chi connectivity index (χ0v) is 4.27. The van der Waals surface area contributed by atoms with E-state index in [2.05, 4.69) is 0 Å². The van der Waals surface area contributed by atoms with Crippen molar-refractivity contribution < 1.29 is 56.6 Å². The Hall–Kier alpha value is 1.94. The fourth-order valence-electron chi connectivity index (χ4n) is 0. The predicted octanol–water partition coefficient (Wildman–Crippen LogP) is -4.19. The van der Waals surface area contributed by atoms with Crippen LogP contribution in [0.3, 0.4) is 0 Å². The zero-order valence-electron chi connectivity index (χ0n) is 3.10. The van der Waals surface area contributed by atoms with Crippen molar-refractivity contribution in [1.29, 1.82) is 0 Å². The van der Waals surface area contributed by atoms with Gasteiger partial charge in [-0.3, -0.25) is 0 Å². The van der Waals surface area contributed by atoms with Crippen molar-refractivity contribution in [1.82, 2.24) is 0 Å². The van der Waals surface area contributed by atoms with Gasteiger partial charge in [0.1, 0.15) is 0 Å². The van der Waals surface area contributed by atoms with Gasteiger partial charge >= 0.3 is 38.6 Å². The molecule has 0 fully saturated rings. The van der Waals surface area contributed by atoms with Gasteiger partial charge in [-0.25, -0.2) is 0 Å². The first-order valence-electron chi connectivity index (χ1n) is 0.154. The third-order valence-corrected chi connectivity index (χ3v) is 0. The van der Waals surface area contributed by atoms with Crippen molar-refractivity contribution in [2.45, 2.75) is 0 Å². The second kappa shape index (κ2) is 38.5. The normalized spacial score (nSPS) is 0.800. The molecule has 0 amide bonds. The van der Waals surface area contributed by atoms with Gasteiger partial charge in [0.25, 0.3) is 0 Å². The van der Waals surface area contributed by atoms with Crippen LogP contribution in [-0.4, -0.2) is 17.4 Å². The van der Waals surface area contributed by atoms with Gasteiger partial charge in [0.05, 0.1) is 0 Å². The summed E-state index contributed by atoms with van der Waals surface area (Å²) in [5.41, 5.74) is 0. The van der Waals surface area contributed by atoms with Gasteiger partial charge in [0, 0.05) is 16.5 Å². The van der Waals surface area contributed by atoms with Crippen molar-refractivity contribution >= 4 is 17.4 Å². The molecule has 0 aromatic heterocycles. The Morgan fingerprint density at radius 2 is 1.40 bits per heavy atom. The third kappa shape index (κ3) is 24.5. The van der Waals surface area contributed by atoms with Crippen molar-refractivity contribution in [3.63, 3.8) is 0 Å². The molecule has 0 aromatic carbocycles. The van der Waals surface area contributed by atoms with Gasteiger partial charge in [0.2, 0.25) is 0 Å². The Balaban J connectivity index is -0.000000000833. The Bertz CT molecular complexity index is 15.5. The molecule has 0 bridgehead atoms. The van der Waals surface area contributed by atoms with E-state index in [1.807, 2.05) is 0 Å². The Kier molecular flexibility index (Phi) is 218. The first-order valence-corrected chi connectivity index (χ1v) is 0.636. The van der Waals surface area contributed by atoms with Crippen molar-refractivity contribution in [3.8, 4) is 0 Å². The van der Waals surface area contributed by atoms with Crippen LogP contribution < -0.4 is 18.9 Å². The summed E-state index contributed by atoms with van der Waals surface area (Å²) in [6, 6.07) is 0. The van der Waals surface area contributed by atoms with Crippen LogP contribution in [0, 0.1) is 0 Å².